The Balaban J connectivity index is 2.22. The Kier molecular flexibility index (Phi) is 3.19. The minimum atomic E-state index is 0.599. The van der Waals surface area contributed by atoms with Crippen LogP contribution in [0.15, 0.2) is 42.5 Å². The molecule has 0 aliphatic rings. The van der Waals surface area contributed by atoms with E-state index in [1.807, 2.05) is 24.3 Å². The minimum absolute atomic E-state index is 0.599. The fraction of sp³-hybridized carbons (Fsp3) is 0.143. The van der Waals surface area contributed by atoms with Crippen molar-refractivity contribution in [3.63, 3.8) is 0 Å². The van der Waals surface area contributed by atoms with Crippen LogP contribution in [0.4, 0.5) is 22.7 Å². The predicted molar refractivity (Wildman–Crippen MR) is 74.4 cm³/mol. The van der Waals surface area contributed by atoms with E-state index in [9.17, 15) is 0 Å². The average molecular weight is 227 g/mol. The van der Waals surface area contributed by atoms with Crippen LogP contribution in [0.5, 0.6) is 0 Å². The van der Waals surface area contributed by atoms with Gasteiger partial charge in [0.2, 0.25) is 0 Å². The lowest BCUT2D eigenvalue weighted by Gasteiger charge is -2.09. The normalized spacial score (nSPS) is 10.2. The van der Waals surface area contributed by atoms with Gasteiger partial charge in [-0.2, -0.15) is 0 Å². The van der Waals surface area contributed by atoms with Crippen molar-refractivity contribution in [3.8, 4) is 0 Å². The Bertz CT molecular complexity index is 521. The second-order valence-corrected chi connectivity index (χ2v) is 4.02. The predicted octanol–water partition coefficient (Wildman–Crippen LogP) is 3.16. The highest BCUT2D eigenvalue weighted by Crippen LogP contribution is 2.23. The molecule has 0 unspecified atom stereocenters. The lowest BCUT2D eigenvalue weighted by molar-refractivity contribution is 1.14. The van der Waals surface area contributed by atoms with E-state index < -0.39 is 0 Å². The molecule has 3 heteroatoms. The van der Waals surface area contributed by atoms with Gasteiger partial charge in [0.15, 0.2) is 0 Å². The molecule has 0 saturated heterocycles. The third-order valence-corrected chi connectivity index (χ3v) is 2.71. The summed E-state index contributed by atoms with van der Waals surface area (Å²) >= 11 is 0. The van der Waals surface area contributed by atoms with Crippen molar-refractivity contribution in [2.45, 2.75) is 13.3 Å². The third kappa shape index (κ3) is 2.69. The van der Waals surface area contributed by atoms with E-state index in [4.69, 9.17) is 11.5 Å². The molecule has 0 aliphatic carbocycles. The molecule has 0 saturated carbocycles. The summed E-state index contributed by atoms with van der Waals surface area (Å²) in [5.41, 5.74) is 16.0. The van der Waals surface area contributed by atoms with Gasteiger partial charge in [-0.3, -0.25) is 0 Å². The fourth-order valence-electron chi connectivity index (χ4n) is 1.69. The van der Waals surface area contributed by atoms with Gasteiger partial charge in [-0.05, 0) is 42.3 Å². The van der Waals surface area contributed by atoms with E-state index in [1.54, 1.807) is 6.07 Å². The van der Waals surface area contributed by atoms with Crippen LogP contribution in [0.1, 0.15) is 12.5 Å². The number of nitrogen functional groups attached to an aromatic ring is 2. The van der Waals surface area contributed by atoms with Crippen molar-refractivity contribution in [1.29, 1.82) is 0 Å². The lowest BCUT2D eigenvalue weighted by atomic mass is 10.1. The van der Waals surface area contributed by atoms with Crippen LogP contribution in [0.25, 0.3) is 0 Å². The van der Waals surface area contributed by atoms with Gasteiger partial charge in [0.05, 0.1) is 11.4 Å². The first kappa shape index (κ1) is 11.3. The largest absolute Gasteiger partial charge is 0.397 e. The highest BCUT2D eigenvalue weighted by atomic mass is 14.9. The monoisotopic (exact) mass is 227 g/mol. The summed E-state index contributed by atoms with van der Waals surface area (Å²) in [6.45, 7) is 2.14. The summed E-state index contributed by atoms with van der Waals surface area (Å²) in [6.07, 6.45) is 1.03. The van der Waals surface area contributed by atoms with Gasteiger partial charge in [-0.25, -0.2) is 0 Å². The van der Waals surface area contributed by atoms with Crippen molar-refractivity contribution in [1.82, 2.24) is 0 Å². The van der Waals surface area contributed by atoms with Crippen LogP contribution in [0.2, 0.25) is 0 Å². The number of nitrogens with two attached hydrogens (primary N) is 2. The molecule has 2 aromatic carbocycles. The van der Waals surface area contributed by atoms with Gasteiger partial charge in [0.1, 0.15) is 0 Å². The van der Waals surface area contributed by atoms with Crippen molar-refractivity contribution in [2.75, 3.05) is 16.8 Å². The molecule has 0 spiro atoms. The first-order valence-corrected chi connectivity index (χ1v) is 5.70. The molecule has 2 rings (SSSR count). The zero-order valence-corrected chi connectivity index (χ0v) is 9.90. The molecular weight excluding hydrogens is 210 g/mol. The first-order chi connectivity index (χ1) is 8.19. The summed E-state index contributed by atoms with van der Waals surface area (Å²) in [5.74, 6) is 0. The van der Waals surface area contributed by atoms with Crippen LogP contribution in [0, 0.1) is 0 Å². The number of hydrogen-bond acceptors (Lipinski definition) is 3. The maximum atomic E-state index is 5.77. The Morgan fingerprint density at radius 3 is 2.41 bits per heavy atom. The number of rotatable bonds is 3. The van der Waals surface area contributed by atoms with Gasteiger partial charge in [0, 0.05) is 11.4 Å². The Hall–Kier alpha value is -2.16. The SMILES string of the molecule is CCc1cccc(Nc2ccc(N)c(N)c2)c1. The minimum Gasteiger partial charge on any atom is -0.397 e. The van der Waals surface area contributed by atoms with E-state index in [0.717, 1.165) is 17.8 Å². The molecule has 0 aliphatic heterocycles. The highest BCUT2D eigenvalue weighted by molar-refractivity contribution is 5.72. The highest BCUT2D eigenvalue weighted by Gasteiger charge is 1.99. The van der Waals surface area contributed by atoms with Gasteiger partial charge in [-0.1, -0.05) is 19.1 Å². The molecule has 0 aromatic heterocycles. The van der Waals surface area contributed by atoms with Crippen LogP contribution >= 0.6 is 0 Å². The van der Waals surface area contributed by atoms with Crippen molar-refractivity contribution in [2.24, 2.45) is 0 Å². The molecule has 0 fully saturated rings. The second kappa shape index (κ2) is 4.78. The van der Waals surface area contributed by atoms with Gasteiger partial charge >= 0.3 is 0 Å². The van der Waals surface area contributed by atoms with E-state index in [0.29, 0.717) is 11.4 Å². The van der Waals surface area contributed by atoms with Gasteiger partial charge in [0.25, 0.3) is 0 Å². The molecule has 0 heterocycles. The molecule has 0 atom stereocenters. The summed E-state index contributed by atoms with van der Waals surface area (Å²) in [7, 11) is 0. The fourth-order valence-corrected chi connectivity index (χ4v) is 1.69. The maximum absolute atomic E-state index is 5.77. The molecule has 88 valence electrons. The second-order valence-electron chi connectivity index (χ2n) is 4.02. The van der Waals surface area contributed by atoms with E-state index >= 15 is 0 Å². The van der Waals surface area contributed by atoms with Gasteiger partial charge < -0.3 is 16.8 Å². The third-order valence-electron chi connectivity index (χ3n) is 2.71. The van der Waals surface area contributed by atoms with Crippen molar-refractivity contribution >= 4 is 22.7 Å². The molecule has 17 heavy (non-hydrogen) atoms. The number of anilines is 4. The molecule has 0 amide bonds. The number of aryl methyl sites for hydroxylation is 1. The zero-order valence-electron chi connectivity index (χ0n) is 9.90. The first-order valence-electron chi connectivity index (χ1n) is 5.70. The number of benzene rings is 2. The molecule has 5 N–H and O–H groups in total. The molecular formula is C14H17N3. The number of hydrogen-bond donors (Lipinski definition) is 3. The van der Waals surface area contributed by atoms with Crippen LogP contribution in [-0.2, 0) is 6.42 Å². The quantitative estimate of drug-likeness (QED) is 0.706. The summed E-state index contributed by atoms with van der Waals surface area (Å²) < 4.78 is 0. The average Bonchev–Trinajstić information content (AvgIpc) is 2.34. The van der Waals surface area contributed by atoms with E-state index in [-0.39, 0.29) is 0 Å². The molecule has 0 bridgehead atoms. The number of nitrogens with one attached hydrogen (secondary N) is 1. The Morgan fingerprint density at radius 1 is 0.941 bits per heavy atom. The topological polar surface area (TPSA) is 64.1 Å². The standard InChI is InChI=1S/C14H17N3/c1-2-10-4-3-5-11(8-10)17-12-6-7-13(15)14(16)9-12/h3-9,17H,2,15-16H2,1H3. The molecule has 3 nitrogen and oxygen atoms in total. The van der Waals surface area contributed by atoms with E-state index in [1.165, 1.54) is 5.56 Å². The van der Waals surface area contributed by atoms with E-state index in [2.05, 4.69) is 24.4 Å². The van der Waals surface area contributed by atoms with Crippen LogP contribution in [0.3, 0.4) is 0 Å². The molecule has 2 aromatic rings. The van der Waals surface area contributed by atoms with Crippen molar-refractivity contribution < 1.29 is 0 Å². The summed E-state index contributed by atoms with van der Waals surface area (Å²) in [4.78, 5) is 0. The Morgan fingerprint density at radius 2 is 1.71 bits per heavy atom. The Labute approximate surface area is 101 Å². The summed E-state index contributed by atoms with van der Waals surface area (Å²) in [5, 5.41) is 3.31. The molecule has 0 radical (unpaired) electrons. The van der Waals surface area contributed by atoms with Crippen molar-refractivity contribution in [3.05, 3.63) is 48.0 Å². The van der Waals surface area contributed by atoms with Crippen LogP contribution < -0.4 is 16.8 Å². The lowest BCUT2D eigenvalue weighted by Crippen LogP contribution is -1.97. The zero-order chi connectivity index (χ0) is 12.3. The summed E-state index contributed by atoms with van der Waals surface area (Å²) in [6, 6.07) is 13.9. The van der Waals surface area contributed by atoms with Gasteiger partial charge in [-0.15, -0.1) is 0 Å². The maximum Gasteiger partial charge on any atom is 0.0568 e. The van der Waals surface area contributed by atoms with Crippen LogP contribution in [-0.4, -0.2) is 0 Å². The smallest absolute Gasteiger partial charge is 0.0568 e.